The fourth-order valence-corrected chi connectivity index (χ4v) is 2.76. The van der Waals surface area contributed by atoms with Gasteiger partial charge in [0.15, 0.2) is 0 Å². The zero-order valence-electron chi connectivity index (χ0n) is 8.87. The molecule has 0 saturated carbocycles. The van der Waals surface area contributed by atoms with Gasteiger partial charge in [-0.15, -0.1) is 0 Å². The van der Waals surface area contributed by atoms with E-state index < -0.39 is 0 Å². The Hall–Kier alpha value is -1.07. The Bertz CT molecular complexity index is 517. The molecule has 0 radical (unpaired) electrons. The number of phenols is 1. The van der Waals surface area contributed by atoms with Crippen LogP contribution in [0.2, 0.25) is 0 Å². The molecule has 0 spiro atoms. The summed E-state index contributed by atoms with van der Waals surface area (Å²) in [6.45, 7) is 0.546. The van der Waals surface area contributed by atoms with Crippen molar-refractivity contribution in [1.82, 2.24) is 0 Å². The van der Waals surface area contributed by atoms with Crippen molar-refractivity contribution in [2.45, 2.75) is 6.54 Å². The Morgan fingerprint density at radius 2 is 2.06 bits per heavy atom. The van der Waals surface area contributed by atoms with Gasteiger partial charge in [0.1, 0.15) is 12.3 Å². The summed E-state index contributed by atoms with van der Waals surface area (Å²) in [7, 11) is 0. The molecule has 5 heteroatoms. The van der Waals surface area contributed by atoms with Crippen molar-refractivity contribution in [2.75, 3.05) is 5.32 Å². The monoisotopic (exact) mass is 357 g/mol. The highest BCUT2D eigenvalue weighted by atomic mass is 79.9. The number of H-pyrrole nitrogens is 1. The van der Waals surface area contributed by atoms with Crippen molar-refractivity contribution in [2.24, 2.45) is 0 Å². The van der Waals surface area contributed by atoms with Gasteiger partial charge in [-0.2, -0.15) is 0 Å². The Morgan fingerprint density at radius 1 is 1.24 bits per heavy atom. The van der Waals surface area contributed by atoms with Crippen molar-refractivity contribution in [3.63, 3.8) is 0 Å². The molecule has 2 aromatic rings. The maximum absolute atomic E-state index is 9.88. The van der Waals surface area contributed by atoms with Crippen molar-refractivity contribution < 1.29 is 10.1 Å². The number of halogens is 2. The highest BCUT2D eigenvalue weighted by molar-refractivity contribution is 9.11. The number of aromatic hydroxyl groups is 1. The van der Waals surface area contributed by atoms with Gasteiger partial charge in [0, 0.05) is 16.1 Å². The Morgan fingerprint density at radius 3 is 2.76 bits per heavy atom. The first kappa shape index (κ1) is 12.4. The Balaban J connectivity index is 2.14. The molecule has 0 amide bonds. The largest absolute Gasteiger partial charge is 0.506 e. The van der Waals surface area contributed by atoms with E-state index in [0.717, 1.165) is 15.9 Å². The Kier molecular flexibility index (Phi) is 4.02. The van der Waals surface area contributed by atoms with Crippen LogP contribution in [-0.4, -0.2) is 5.11 Å². The summed E-state index contributed by atoms with van der Waals surface area (Å²) in [4.78, 5) is 3.07. The van der Waals surface area contributed by atoms with Crippen LogP contribution in [0.15, 0.2) is 45.5 Å². The molecule has 0 fully saturated rings. The minimum Gasteiger partial charge on any atom is -0.506 e. The van der Waals surface area contributed by atoms with E-state index in [0.29, 0.717) is 11.0 Å². The zero-order valence-corrected chi connectivity index (χ0v) is 12.0. The fourth-order valence-electron chi connectivity index (χ4n) is 1.45. The van der Waals surface area contributed by atoms with E-state index in [1.807, 2.05) is 36.5 Å². The lowest BCUT2D eigenvalue weighted by Crippen LogP contribution is -2.11. The van der Waals surface area contributed by atoms with Crippen LogP contribution >= 0.6 is 31.9 Å². The summed E-state index contributed by atoms with van der Waals surface area (Å²) in [5.41, 5.74) is 0.823. The lowest BCUT2D eigenvalue weighted by molar-refractivity contribution is -0.361. The molecule has 88 valence electrons. The van der Waals surface area contributed by atoms with Crippen LogP contribution in [0, 0.1) is 0 Å². The molecule has 3 nitrogen and oxygen atoms in total. The lowest BCUT2D eigenvalue weighted by atomic mass is 10.2. The number of aromatic amines is 1. The van der Waals surface area contributed by atoms with Crippen LogP contribution < -0.4 is 10.3 Å². The number of rotatable bonds is 3. The number of nitrogens with one attached hydrogen (secondary N) is 2. The van der Waals surface area contributed by atoms with Gasteiger partial charge in [-0.05, 0) is 34.1 Å². The Labute approximate surface area is 116 Å². The van der Waals surface area contributed by atoms with E-state index in [4.69, 9.17) is 0 Å². The predicted molar refractivity (Wildman–Crippen MR) is 73.8 cm³/mol. The second-order valence-electron chi connectivity index (χ2n) is 3.53. The van der Waals surface area contributed by atoms with Crippen molar-refractivity contribution >= 4 is 37.7 Å². The molecule has 3 N–H and O–H groups in total. The average Bonchev–Trinajstić information content (AvgIpc) is 2.33. The van der Waals surface area contributed by atoms with Crippen LogP contribution in [0.25, 0.3) is 0 Å². The van der Waals surface area contributed by atoms with Gasteiger partial charge in [0.2, 0.25) is 0 Å². The molecule has 0 unspecified atom stereocenters. The molecular weight excluding hydrogens is 348 g/mol. The molecule has 1 aromatic heterocycles. The van der Waals surface area contributed by atoms with E-state index in [1.165, 1.54) is 0 Å². The van der Waals surface area contributed by atoms with Crippen LogP contribution in [0.1, 0.15) is 5.56 Å². The van der Waals surface area contributed by atoms with Crippen LogP contribution in [0.4, 0.5) is 5.82 Å². The standard InChI is InChI=1S/C12H10Br2N2O/c13-9-5-8(12(17)10(14)6-9)7-16-11-3-1-2-4-15-11/h1-6,17H,7H2,(H,15,16)/p+1. The first-order valence-corrected chi connectivity index (χ1v) is 6.63. The number of hydrogen-bond acceptors (Lipinski definition) is 2. The van der Waals surface area contributed by atoms with Gasteiger partial charge >= 0.3 is 0 Å². The van der Waals surface area contributed by atoms with E-state index in [1.54, 1.807) is 0 Å². The first-order chi connectivity index (χ1) is 8.16. The van der Waals surface area contributed by atoms with Crippen LogP contribution in [-0.2, 0) is 6.54 Å². The normalized spacial score (nSPS) is 10.2. The van der Waals surface area contributed by atoms with E-state index in [-0.39, 0.29) is 5.75 Å². The van der Waals surface area contributed by atoms with Gasteiger partial charge in [-0.25, -0.2) is 4.98 Å². The molecule has 1 aromatic carbocycles. The summed E-state index contributed by atoms with van der Waals surface area (Å²) >= 11 is 6.70. The molecule has 17 heavy (non-hydrogen) atoms. The molecule has 0 bridgehead atoms. The minimum absolute atomic E-state index is 0.261. The number of anilines is 1. The van der Waals surface area contributed by atoms with Gasteiger partial charge in [-0.1, -0.05) is 22.0 Å². The third-order valence-electron chi connectivity index (χ3n) is 2.29. The molecule has 0 aliphatic carbocycles. The van der Waals surface area contributed by atoms with Gasteiger partial charge in [0.05, 0.1) is 10.7 Å². The first-order valence-electron chi connectivity index (χ1n) is 5.04. The molecule has 0 aliphatic heterocycles. The maximum atomic E-state index is 9.88. The van der Waals surface area contributed by atoms with Crippen molar-refractivity contribution in [3.8, 4) is 5.75 Å². The molecule has 0 aliphatic rings. The molecule has 0 atom stereocenters. The van der Waals surface area contributed by atoms with Gasteiger partial charge in [-0.3, -0.25) is 5.32 Å². The third-order valence-corrected chi connectivity index (χ3v) is 3.35. The fraction of sp³-hybridized carbons (Fsp3) is 0.0833. The summed E-state index contributed by atoms with van der Waals surface area (Å²) in [6.07, 6.45) is 1.85. The van der Waals surface area contributed by atoms with Crippen LogP contribution in [0.5, 0.6) is 5.75 Å². The quantitative estimate of drug-likeness (QED) is 0.883. The molecule has 1 heterocycles. The number of pyridine rings is 1. The third kappa shape index (κ3) is 3.20. The SMILES string of the molecule is Oc1c(Br)cc(Br)cc1CNc1cccc[nH+]1. The smallest absolute Gasteiger partial charge is 0.272 e. The molecule has 0 saturated heterocycles. The summed E-state index contributed by atoms with van der Waals surface area (Å²) in [5.74, 6) is 1.17. The van der Waals surface area contributed by atoms with Gasteiger partial charge in [0.25, 0.3) is 5.82 Å². The summed E-state index contributed by atoms with van der Waals surface area (Å²) < 4.78 is 1.61. The maximum Gasteiger partial charge on any atom is 0.272 e. The number of benzene rings is 1. The zero-order chi connectivity index (χ0) is 12.3. The minimum atomic E-state index is 0.261. The average molecular weight is 359 g/mol. The topological polar surface area (TPSA) is 46.4 Å². The molecular formula is C12H11Br2N2O+. The van der Waals surface area contributed by atoms with Gasteiger partial charge < -0.3 is 5.11 Å². The van der Waals surface area contributed by atoms with Crippen molar-refractivity contribution in [3.05, 3.63) is 51.0 Å². The van der Waals surface area contributed by atoms with Crippen LogP contribution in [0.3, 0.4) is 0 Å². The van der Waals surface area contributed by atoms with E-state index in [9.17, 15) is 5.11 Å². The predicted octanol–water partition coefficient (Wildman–Crippen LogP) is 3.34. The number of hydrogen-bond donors (Lipinski definition) is 2. The van der Waals surface area contributed by atoms with E-state index in [2.05, 4.69) is 42.2 Å². The highest BCUT2D eigenvalue weighted by Crippen LogP contribution is 2.31. The van der Waals surface area contributed by atoms with E-state index >= 15 is 0 Å². The summed E-state index contributed by atoms with van der Waals surface area (Å²) in [5, 5.41) is 13.1. The molecule has 2 rings (SSSR count). The number of aromatic nitrogens is 1. The second-order valence-corrected chi connectivity index (χ2v) is 5.30. The summed E-state index contributed by atoms with van der Waals surface area (Å²) in [6, 6.07) is 9.49. The highest BCUT2D eigenvalue weighted by Gasteiger charge is 2.09. The number of phenolic OH excluding ortho intramolecular Hbond substituents is 1. The lowest BCUT2D eigenvalue weighted by Gasteiger charge is -2.05. The second kappa shape index (κ2) is 5.51. The van der Waals surface area contributed by atoms with Crippen molar-refractivity contribution in [1.29, 1.82) is 0 Å².